The Morgan fingerprint density at radius 2 is 2.20 bits per heavy atom. The molecule has 20 heavy (non-hydrogen) atoms. The molecule has 0 saturated carbocycles. The molecule has 0 radical (unpaired) electrons. The van der Waals surface area contributed by atoms with Gasteiger partial charge in [0, 0.05) is 30.8 Å². The molecule has 1 aliphatic rings. The van der Waals surface area contributed by atoms with Crippen molar-refractivity contribution in [2.45, 2.75) is 31.8 Å². The van der Waals surface area contributed by atoms with Crippen molar-refractivity contribution in [1.29, 1.82) is 0 Å². The number of hydrogen-bond donors (Lipinski definition) is 2. The highest BCUT2D eigenvalue weighted by Gasteiger charge is 2.29. The van der Waals surface area contributed by atoms with Gasteiger partial charge in [0.05, 0.1) is 0 Å². The fourth-order valence-corrected chi connectivity index (χ4v) is 3.02. The Hall–Kier alpha value is -1.26. The molecule has 110 valence electrons. The molecule has 1 unspecified atom stereocenters. The van der Waals surface area contributed by atoms with Crippen LogP contribution in [-0.4, -0.2) is 32.6 Å². The number of amides is 1. The van der Waals surface area contributed by atoms with E-state index in [4.69, 9.17) is 11.6 Å². The minimum Gasteiger partial charge on any atom is -0.359 e. The lowest BCUT2D eigenvalue weighted by atomic mass is 9.99. The number of piperidine rings is 1. The quantitative estimate of drug-likeness (QED) is 0.895. The number of carbonyl (C=O) groups excluding carboxylic acids is 1. The van der Waals surface area contributed by atoms with Crippen LogP contribution in [0.1, 0.15) is 24.8 Å². The number of nitrogens with one attached hydrogen (secondary N) is 2. The number of benzene rings is 1. The fraction of sp³-hybridized carbons (Fsp3) is 0.533. The van der Waals surface area contributed by atoms with Crippen LogP contribution < -0.4 is 15.5 Å². The van der Waals surface area contributed by atoms with Gasteiger partial charge in [0.2, 0.25) is 5.91 Å². The van der Waals surface area contributed by atoms with Crippen LogP contribution in [0.25, 0.3) is 0 Å². The van der Waals surface area contributed by atoms with E-state index in [9.17, 15) is 4.79 Å². The standard InChI is InChI=1S/C15H22ClN3O/c1-17-10-11-9-12(16)6-7-13(11)19-8-4-3-5-14(19)15(20)18-2/h6-7,9,14,17H,3-5,8,10H2,1-2H3,(H,18,20). The van der Waals surface area contributed by atoms with Crippen LogP contribution >= 0.6 is 11.6 Å². The molecule has 1 aromatic rings. The molecule has 1 amide bonds. The van der Waals surface area contributed by atoms with Gasteiger partial charge in [-0.2, -0.15) is 0 Å². The molecule has 1 aromatic carbocycles. The van der Waals surface area contributed by atoms with Crippen molar-refractivity contribution in [1.82, 2.24) is 10.6 Å². The molecule has 0 aliphatic carbocycles. The maximum atomic E-state index is 12.1. The smallest absolute Gasteiger partial charge is 0.242 e. The van der Waals surface area contributed by atoms with Crippen LogP contribution in [0.2, 0.25) is 5.02 Å². The van der Waals surface area contributed by atoms with Crippen LogP contribution in [0.5, 0.6) is 0 Å². The first-order valence-corrected chi connectivity index (χ1v) is 7.46. The minimum atomic E-state index is -0.0782. The molecule has 1 heterocycles. The van der Waals surface area contributed by atoms with Gasteiger partial charge in [0.15, 0.2) is 0 Å². The molecule has 1 saturated heterocycles. The van der Waals surface area contributed by atoms with Gasteiger partial charge in [-0.25, -0.2) is 0 Å². The molecule has 0 aromatic heterocycles. The van der Waals surface area contributed by atoms with Crippen LogP contribution in [0.4, 0.5) is 5.69 Å². The SMILES string of the molecule is CNCc1cc(Cl)ccc1N1CCCCC1C(=O)NC. The first kappa shape index (κ1) is 15.1. The van der Waals surface area contributed by atoms with Gasteiger partial charge in [-0.15, -0.1) is 0 Å². The third-order valence-electron chi connectivity index (χ3n) is 3.77. The average molecular weight is 296 g/mol. The predicted octanol–water partition coefficient (Wildman–Crippen LogP) is 2.16. The van der Waals surface area contributed by atoms with Crippen molar-refractivity contribution in [2.75, 3.05) is 25.5 Å². The largest absolute Gasteiger partial charge is 0.359 e. The lowest BCUT2D eigenvalue weighted by Gasteiger charge is -2.37. The lowest BCUT2D eigenvalue weighted by molar-refractivity contribution is -0.122. The number of halogens is 1. The van der Waals surface area contributed by atoms with Crippen LogP contribution in [0.3, 0.4) is 0 Å². The van der Waals surface area contributed by atoms with E-state index >= 15 is 0 Å². The number of hydrogen-bond acceptors (Lipinski definition) is 3. The summed E-state index contributed by atoms with van der Waals surface area (Å²) in [6.07, 6.45) is 3.12. The van der Waals surface area contributed by atoms with E-state index in [2.05, 4.69) is 15.5 Å². The molecular weight excluding hydrogens is 274 g/mol. The van der Waals surface area contributed by atoms with Gasteiger partial charge in [0.1, 0.15) is 6.04 Å². The third kappa shape index (κ3) is 3.25. The zero-order valence-electron chi connectivity index (χ0n) is 12.1. The predicted molar refractivity (Wildman–Crippen MR) is 83.3 cm³/mol. The van der Waals surface area contributed by atoms with E-state index in [0.717, 1.165) is 48.6 Å². The Morgan fingerprint density at radius 3 is 2.90 bits per heavy atom. The second-order valence-electron chi connectivity index (χ2n) is 5.12. The van der Waals surface area contributed by atoms with E-state index < -0.39 is 0 Å². The summed E-state index contributed by atoms with van der Waals surface area (Å²) >= 11 is 6.09. The normalized spacial score (nSPS) is 18.9. The summed E-state index contributed by atoms with van der Waals surface area (Å²) < 4.78 is 0. The van der Waals surface area contributed by atoms with Crippen LogP contribution in [0, 0.1) is 0 Å². The third-order valence-corrected chi connectivity index (χ3v) is 4.01. The summed E-state index contributed by atoms with van der Waals surface area (Å²) in [4.78, 5) is 14.3. The second-order valence-corrected chi connectivity index (χ2v) is 5.56. The number of likely N-dealkylation sites (N-methyl/N-ethyl adjacent to an activating group) is 1. The van der Waals surface area contributed by atoms with Crippen molar-refractivity contribution < 1.29 is 4.79 Å². The summed E-state index contributed by atoms with van der Waals surface area (Å²) in [5.74, 6) is 0.0926. The number of anilines is 1. The summed E-state index contributed by atoms with van der Waals surface area (Å²) in [5, 5.41) is 6.67. The van der Waals surface area contributed by atoms with Gasteiger partial charge in [-0.05, 0) is 50.1 Å². The van der Waals surface area contributed by atoms with Crippen molar-refractivity contribution in [3.63, 3.8) is 0 Å². The molecule has 2 N–H and O–H groups in total. The van der Waals surface area contributed by atoms with Gasteiger partial charge >= 0.3 is 0 Å². The van der Waals surface area contributed by atoms with E-state index in [1.807, 2.05) is 25.2 Å². The first-order chi connectivity index (χ1) is 9.67. The molecule has 0 spiro atoms. The molecule has 1 fully saturated rings. The van der Waals surface area contributed by atoms with E-state index in [-0.39, 0.29) is 11.9 Å². The molecular formula is C15H22ClN3O. The highest BCUT2D eigenvalue weighted by molar-refractivity contribution is 6.30. The fourth-order valence-electron chi connectivity index (χ4n) is 2.83. The van der Waals surface area contributed by atoms with Gasteiger partial charge < -0.3 is 15.5 Å². The van der Waals surface area contributed by atoms with Crippen molar-refractivity contribution in [2.24, 2.45) is 0 Å². The van der Waals surface area contributed by atoms with Crippen LogP contribution in [-0.2, 0) is 11.3 Å². The van der Waals surface area contributed by atoms with Crippen molar-refractivity contribution in [3.05, 3.63) is 28.8 Å². The van der Waals surface area contributed by atoms with Crippen molar-refractivity contribution in [3.8, 4) is 0 Å². The molecule has 5 heteroatoms. The maximum absolute atomic E-state index is 12.1. The molecule has 1 atom stereocenters. The molecule has 4 nitrogen and oxygen atoms in total. The van der Waals surface area contributed by atoms with Gasteiger partial charge in [0.25, 0.3) is 0 Å². The Balaban J connectivity index is 2.34. The summed E-state index contributed by atoms with van der Waals surface area (Å²) in [5.41, 5.74) is 2.24. The Kier molecular flexibility index (Phi) is 5.26. The van der Waals surface area contributed by atoms with Crippen LogP contribution in [0.15, 0.2) is 18.2 Å². The average Bonchev–Trinajstić information content (AvgIpc) is 2.47. The van der Waals surface area contributed by atoms with Gasteiger partial charge in [-0.1, -0.05) is 11.6 Å². The number of nitrogens with zero attached hydrogens (tertiary/aromatic N) is 1. The first-order valence-electron chi connectivity index (χ1n) is 7.08. The molecule has 1 aliphatic heterocycles. The zero-order valence-corrected chi connectivity index (χ0v) is 12.8. The summed E-state index contributed by atoms with van der Waals surface area (Å²) in [6, 6.07) is 5.82. The Morgan fingerprint density at radius 1 is 1.40 bits per heavy atom. The molecule has 0 bridgehead atoms. The highest BCUT2D eigenvalue weighted by Crippen LogP contribution is 2.30. The highest BCUT2D eigenvalue weighted by atomic mass is 35.5. The molecule has 2 rings (SSSR count). The van der Waals surface area contributed by atoms with Gasteiger partial charge in [-0.3, -0.25) is 4.79 Å². The van der Waals surface area contributed by atoms with E-state index in [1.54, 1.807) is 7.05 Å². The number of rotatable bonds is 4. The number of carbonyl (C=O) groups is 1. The van der Waals surface area contributed by atoms with Crippen molar-refractivity contribution >= 4 is 23.2 Å². The summed E-state index contributed by atoms with van der Waals surface area (Å²) in [6.45, 7) is 1.66. The maximum Gasteiger partial charge on any atom is 0.242 e. The monoisotopic (exact) mass is 295 g/mol. The van der Waals surface area contributed by atoms with E-state index in [0.29, 0.717) is 0 Å². The zero-order chi connectivity index (χ0) is 14.5. The Labute approximate surface area is 125 Å². The Bertz CT molecular complexity index is 478. The summed E-state index contributed by atoms with van der Waals surface area (Å²) in [7, 11) is 3.61. The topological polar surface area (TPSA) is 44.4 Å². The lowest BCUT2D eigenvalue weighted by Crippen LogP contribution is -2.49. The second kappa shape index (κ2) is 6.95. The minimum absolute atomic E-state index is 0.0782. The van der Waals surface area contributed by atoms with E-state index in [1.165, 1.54) is 0 Å².